The SMILES string of the molecule is CC1=Cc2c(Cl)cc3ccccc3c2C1[Si](C)(C)C1C(C)=Cc2c(Cl)cc3ccccc3c21. The molecule has 33 heavy (non-hydrogen) atoms. The first-order chi connectivity index (χ1) is 15.8. The van der Waals surface area contributed by atoms with Crippen LogP contribution < -0.4 is 0 Å². The van der Waals surface area contributed by atoms with Crippen LogP contribution in [0, 0.1) is 0 Å². The smallest absolute Gasteiger partial charge is 0.0722 e. The highest BCUT2D eigenvalue weighted by molar-refractivity contribution is 6.82. The van der Waals surface area contributed by atoms with Gasteiger partial charge in [-0.3, -0.25) is 0 Å². The lowest BCUT2D eigenvalue weighted by atomic mass is 9.99. The number of hydrogen-bond acceptors (Lipinski definition) is 0. The molecule has 0 aliphatic heterocycles. The van der Waals surface area contributed by atoms with E-state index in [2.05, 4.69) is 99.8 Å². The van der Waals surface area contributed by atoms with E-state index in [0.717, 1.165) is 10.0 Å². The lowest BCUT2D eigenvalue weighted by Gasteiger charge is -2.40. The van der Waals surface area contributed by atoms with Crippen LogP contribution in [0.2, 0.25) is 23.1 Å². The second-order valence-corrected chi connectivity index (χ2v) is 15.9. The number of rotatable bonds is 2. The molecule has 6 rings (SSSR count). The van der Waals surface area contributed by atoms with Gasteiger partial charge in [0.05, 0.1) is 8.07 Å². The van der Waals surface area contributed by atoms with E-state index in [0.29, 0.717) is 11.1 Å². The summed E-state index contributed by atoms with van der Waals surface area (Å²) in [6.45, 7) is 9.73. The molecule has 0 spiro atoms. The molecule has 4 aromatic rings. The average Bonchev–Trinajstić information content (AvgIpc) is 3.33. The van der Waals surface area contributed by atoms with Gasteiger partial charge in [0.1, 0.15) is 0 Å². The summed E-state index contributed by atoms with van der Waals surface area (Å²) >= 11 is 13.7. The minimum absolute atomic E-state index is 0.396. The Morgan fingerprint density at radius 2 is 1.03 bits per heavy atom. The van der Waals surface area contributed by atoms with Gasteiger partial charge in [0.15, 0.2) is 0 Å². The Morgan fingerprint density at radius 1 is 0.636 bits per heavy atom. The van der Waals surface area contributed by atoms with Crippen LogP contribution in [0.3, 0.4) is 0 Å². The summed E-state index contributed by atoms with van der Waals surface area (Å²) in [5, 5.41) is 6.86. The topological polar surface area (TPSA) is 0 Å². The monoisotopic (exact) mass is 484 g/mol. The largest absolute Gasteiger partial charge is 0.0837 e. The Balaban J connectivity index is 1.62. The van der Waals surface area contributed by atoms with Crippen molar-refractivity contribution in [3.05, 3.63) is 104 Å². The van der Waals surface area contributed by atoms with Crippen molar-refractivity contribution in [1.29, 1.82) is 0 Å². The molecule has 2 aliphatic rings. The van der Waals surface area contributed by atoms with Crippen molar-refractivity contribution in [3.63, 3.8) is 0 Å². The molecule has 0 nitrogen and oxygen atoms in total. The Labute approximate surface area is 206 Å². The van der Waals surface area contributed by atoms with Gasteiger partial charge >= 0.3 is 0 Å². The molecule has 2 atom stereocenters. The van der Waals surface area contributed by atoms with Gasteiger partial charge in [0, 0.05) is 21.1 Å². The maximum Gasteiger partial charge on any atom is 0.0722 e. The average molecular weight is 486 g/mol. The van der Waals surface area contributed by atoms with Crippen LogP contribution in [0.5, 0.6) is 0 Å². The van der Waals surface area contributed by atoms with Gasteiger partial charge in [0.25, 0.3) is 0 Å². The van der Waals surface area contributed by atoms with Crippen LogP contribution >= 0.6 is 23.2 Å². The highest BCUT2D eigenvalue weighted by Crippen LogP contribution is 2.56. The molecule has 2 unspecified atom stereocenters. The van der Waals surface area contributed by atoms with Gasteiger partial charge in [0.2, 0.25) is 0 Å². The molecule has 164 valence electrons. The Kier molecular flexibility index (Phi) is 4.72. The first-order valence-corrected chi connectivity index (χ1v) is 15.5. The zero-order valence-electron chi connectivity index (χ0n) is 19.3. The predicted octanol–water partition coefficient (Wildman–Crippen LogP) is 9.79. The third kappa shape index (κ3) is 2.96. The Bertz CT molecular complexity index is 1430. The number of benzene rings is 4. The van der Waals surface area contributed by atoms with E-state index < -0.39 is 8.07 Å². The fourth-order valence-electron chi connectivity index (χ4n) is 6.79. The van der Waals surface area contributed by atoms with Gasteiger partial charge < -0.3 is 0 Å². The first kappa shape index (κ1) is 21.2. The van der Waals surface area contributed by atoms with Crippen molar-refractivity contribution in [3.8, 4) is 0 Å². The van der Waals surface area contributed by atoms with E-state index in [1.807, 2.05) is 0 Å². The van der Waals surface area contributed by atoms with Crippen molar-refractivity contribution in [2.75, 3.05) is 0 Å². The van der Waals surface area contributed by atoms with Gasteiger partial charge in [-0.15, -0.1) is 0 Å². The molecule has 0 fully saturated rings. The summed E-state index contributed by atoms with van der Waals surface area (Å²) in [5.41, 5.74) is 8.96. The summed E-state index contributed by atoms with van der Waals surface area (Å²) in [6, 6.07) is 21.7. The number of halogens is 2. The molecule has 0 aromatic heterocycles. The molecule has 0 bridgehead atoms. The molecule has 0 saturated heterocycles. The van der Waals surface area contributed by atoms with Crippen molar-refractivity contribution >= 4 is 65.0 Å². The van der Waals surface area contributed by atoms with Crippen molar-refractivity contribution < 1.29 is 0 Å². The number of fused-ring (bicyclic) bond motifs is 6. The summed E-state index contributed by atoms with van der Waals surface area (Å²) in [7, 11) is -2.00. The first-order valence-electron chi connectivity index (χ1n) is 11.6. The van der Waals surface area contributed by atoms with E-state index in [1.165, 1.54) is 54.9 Å². The molecule has 2 aliphatic carbocycles. The van der Waals surface area contributed by atoms with E-state index in [4.69, 9.17) is 23.2 Å². The third-order valence-electron chi connectivity index (χ3n) is 7.88. The summed E-state index contributed by atoms with van der Waals surface area (Å²) in [4.78, 5) is 0. The predicted molar refractivity (Wildman–Crippen MR) is 148 cm³/mol. The van der Waals surface area contributed by atoms with Crippen molar-refractivity contribution in [2.45, 2.75) is 38.0 Å². The zero-order chi connectivity index (χ0) is 23.1. The second kappa shape index (κ2) is 7.34. The van der Waals surface area contributed by atoms with Gasteiger partial charge in [-0.05, 0) is 69.8 Å². The highest BCUT2D eigenvalue weighted by atomic mass is 35.5. The number of allylic oxidation sites excluding steroid dienone is 2. The fourth-order valence-corrected chi connectivity index (χ4v) is 12.3. The van der Waals surface area contributed by atoms with Gasteiger partial charge in [-0.2, -0.15) is 0 Å². The second-order valence-electron chi connectivity index (χ2n) is 10.3. The molecule has 0 radical (unpaired) electrons. The quantitative estimate of drug-likeness (QED) is 0.248. The lowest BCUT2D eigenvalue weighted by Crippen LogP contribution is -2.42. The van der Waals surface area contributed by atoms with E-state index in [9.17, 15) is 0 Å². The normalized spacial score (nSPS) is 19.6. The fraction of sp³-hybridized carbons (Fsp3) is 0.200. The lowest BCUT2D eigenvalue weighted by molar-refractivity contribution is 0.979. The zero-order valence-corrected chi connectivity index (χ0v) is 21.9. The maximum atomic E-state index is 6.84. The van der Waals surface area contributed by atoms with Crippen LogP contribution in [0.1, 0.15) is 47.2 Å². The molecule has 0 heterocycles. The van der Waals surface area contributed by atoms with Crippen LogP contribution in [-0.2, 0) is 0 Å². The standard InChI is InChI=1S/C30H26Cl2Si/c1-17-13-23-25(31)15-19-9-5-7-11-21(19)27(23)29(17)33(3,4)30-18(2)14-24-26(32)16-20-10-6-8-12-22(20)28(24)30/h5-16,29-30H,1-4H3. The van der Waals surface area contributed by atoms with Crippen molar-refractivity contribution in [1.82, 2.24) is 0 Å². The van der Waals surface area contributed by atoms with E-state index >= 15 is 0 Å². The molecule has 0 amide bonds. The Morgan fingerprint density at radius 3 is 1.45 bits per heavy atom. The van der Waals surface area contributed by atoms with Crippen LogP contribution in [0.25, 0.3) is 33.7 Å². The molecular weight excluding hydrogens is 459 g/mol. The van der Waals surface area contributed by atoms with E-state index in [1.54, 1.807) is 0 Å². The Hall–Kier alpha value is -2.32. The molecule has 0 N–H and O–H groups in total. The molecule has 4 aromatic carbocycles. The highest BCUT2D eigenvalue weighted by Gasteiger charge is 2.48. The maximum absolute atomic E-state index is 6.84. The van der Waals surface area contributed by atoms with Gasteiger partial charge in [-0.25, -0.2) is 0 Å². The summed E-state index contributed by atoms with van der Waals surface area (Å²) < 4.78 is 0. The minimum Gasteiger partial charge on any atom is -0.0837 e. The third-order valence-corrected chi connectivity index (χ3v) is 13.0. The molecule has 0 saturated carbocycles. The molecule has 3 heteroatoms. The van der Waals surface area contributed by atoms with Gasteiger partial charge in [-0.1, -0.05) is 108 Å². The summed E-state index contributed by atoms with van der Waals surface area (Å²) in [5.74, 6) is 0. The molecular formula is C30H26Cl2Si. The minimum atomic E-state index is -2.00. The van der Waals surface area contributed by atoms with Crippen molar-refractivity contribution in [2.24, 2.45) is 0 Å². The van der Waals surface area contributed by atoms with Crippen LogP contribution in [0.4, 0.5) is 0 Å². The van der Waals surface area contributed by atoms with E-state index in [-0.39, 0.29) is 0 Å². The van der Waals surface area contributed by atoms with Crippen LogP contribution in [0.15, 0.2) is 71.8 Å². The summed E-state index contributed by atoms with van der Waals surface area (Å²) in [6.07, 6.45) is 4.68. The number of hydrogen-bond donors (Lipinski definition) is 0. The van der Waals surface area contributed by atoms with Crippen LogP contribution in [-0.4, -0.2) is 8.07 Å².